The maximum Gasteiger partial charge on any atom is 0.305 e. The van der Waals surface area contributed by atoms with Crippen molar-refractivity contribution < 1.29 is 14.3 Å². The Bertz CT molecular complexity index is 1130. The highest BCUT2D eigenvalue weighted by atomic mass is 16.5. The van der Waals surface area contributed by atoms with E-state index >= 15 is 0 Å². The normalized spacial score (nSPS) is 11.0. The van der Waals surface area contributed by atoms with Crippen LogP contribution < -0.4 is 5.56 Å². The number of benzene rings is 1. The van der Waals surface area contributed by atoms with Crippen LogP contribution in [0.2, 0.25) is 0 Å². The standard InChI is InChI=1S/C23H27N3O4/c1-16-13-19(17(2)26(16)12-8-4-5-11-22(28)30-3)21(27)14-25-15-24-20-10-7-6-9-18(20)23(25)29/h6-7,9-10,13,15H,4-5,8,11-12,14H2,1-3H3. The van der Waals surface area contributed by atoms with E-state index in [9.17, 15) is 14.4 Å². The lowest BCUT2D eigenvalue weighted by molar-refractivity contribution is -0.140. The van der Waals surface area contributed by atoms with Gasteiger partial charge in [-0.2, -0.15) is 0 Å². The molecule has 3 rings (SSSR count). The third-order valence-electron chi connectivity index (χ3n) is 5.41. The molecule has 1 aromatic carbocycles. The van der Waals surface area contributed by atoms with Crippen molar-refractivity contribution in [3.05, 3.63) is 64.0 Å². The van der Waals surface area contributed by atoms with Crippen LogP contribution in [0.15, 0.2) is 41.5 Å². The molecule has 2 heterocycles. The average Bonchev–Trinajstić information content (AvgIpc) is 3.03. The fourth-order valence-corrected chi connectivity index (χ4v) is 3.70. The van der Waals surface area contributed by atoms with E-state index < -0.39 is 0 Å². The van der Waals surface area contributed by atoms with E-state index in [0.717, 1.165) is 37.2 Å². The van der Waals surface area contributed by atoms with Crippen LogP contribution in [0.1, 0.15) is 47.4 Å². The Morgan fingerprint density at radius 3 is 2.63 bits per heavy atom. The summed E-state index contributed by atoms with van der Waals surface area (Å²) >= 11 is 0. The number of unbranched alkanes of at least 4 members (excludes halogenated alkanes) is 2. The molecule has 2 aromatic heterocycles. The number of aryl methyl sites for hydroxylation is 1. The molecule has 3 aromatic rings. The summed E-state index contributed by atoms with van der Waals surface area (Å²) in [7, 11) is 1.40. The molecule has 0 spiro atoms. The Morgan fingerprint density at radius 2 is 1.87 bits per heavy atom. The largest absolute Gasteiger partial charge is 0.469 e. The monoisotopic (exact) mass is 409 g/mol. The molecule has 0 bridgehead atoms. The van der Waals surface area contributed by atoms with E-state index in [2.05, 4.69) is 14.3 Å². The lowest BCUT2D eigenvalue weighted by Crippen LogP contribution is -2.24. The molecule has 158 valence electrons. The summed E-state index contributed by atoms with van der Waals surface area (Å²) in [5, 5.41) is 0.505. The van der Waals surface area contributed by atoms with Crippen molar-refractivity contribution in [1.29, 1.82) is 0 Å². The van der Waals surface area contributed by atoms with Crippen LogP contribution in [0, 0.1) is 13.8 Å². The maximum absolute atomic E-state index is 12.9. The number of ether oxygens (including phenoxy) is 1. The van der Waals surface area contributed by atoms with Gasteiger partial charge in [0.15, 0.2) is 5.78 Å². The number of para-hydroxylation sites is 1. The Balaban J connectivity index is 1.68. The molecular formula is C23H27N3O4. The third-order valence-corrected chi connectivity index (χ3v) is 5.41. The molecule has 0 amide bonds. The Morgan fingerprint density at radius 1 is 1.10 bits per heavy atom. The molecule has 0 saturated carbocycles. The van der Waals surface area contributed by atoms with Gasteiger partial charge in [0.25, 0.3) is 5.56 Å². The SMILES string of the molecule is COC(=O)CCCCCn1c(C)cc(C(=O)Cn2cnc3ccccc3c2=O)c1C. The summed E-state index contributed by atoms with van der Waals surface area (Å²) in [6.07, 6.45) is 4.47. The zero-order chi connectivity index (χ0) is 21.7. The first-order valence-corrected chi connectivity index (χ1v) is 10.1. The van der Waals surface area contributed by atoms with E-state index in [1.54, 1.807) is 18.2 Å². The van der Waals surface area contributed by atoms with Gasteiger partial charge in [0, 0.05) is 29.9 Å². The lowest BCUT2D eigenvalue weighted by atomic mass is 10.1. The van der Waals surface area contributed by atoms with Gasteiger partial charge < -0.3 is 9.30 Å². The summed E-state index contributed by atoms with van der Waals surface area (Å²) in [4.78, 5) is 41.0. The Labute approximate surface area is 175 Å². The quantitative estimate of drug-likeness (QED) is 0.307. The van der Waals surface area contributed by atoms with E-state index in [4.69, 9.17) is 0 Å². The number of carbonyl (C=O) groups is 2. The van der Waals surface area contributed by atoms with E-state index in [1.807, 2.05) is 26.0 Å². The highest BCUT2D eigenvalue weighted by molar-refractivity contribution is 5.97. The van der Waals surface area contributed by atoms with Gasteiger partial charge in [0.1, 0.15) is 0 Å². The first-order valence-electron chi connectivity index (χ1n) is 10.1. The van der Waals surface area contributed by atoms with Crippen molar-refractivity contribution in [2.75, 3.05) is 7.11 Å². The van der Waals surface area contributed by atoms with Crippen molar-refractivity contribution in [3.8, 4) is 0 Å². The lowest BCUT2D eigenvalue weighted by Gasteiger charge is -2.10. The van der Waals surface area contributed by atoms with Gasteiger partial charge in [-0.15, -0.1) is 0 Å². The number of carbonyl (C=O) groups excluding carboxylic acids is 2. The van der Waals surface area contributed by atoms with Gasteiger partial charge in [-0.1, -0.05) is 18.6 Å². The predicted octanol–water partition coefficient (Wildman–Crippen LogP) is 3.43. The number of Topliss-reactive ketones (excluding diaryl/α,β-unsaturated/α-hetero) is 1. The number of esters is 1. The average molecular weight is 409 g/mol. The topological polar surface area (TPSA) is 83.2 Å². The molecule has 0 aliphatic heterocycles. The van der Waals surface area contributed by atoms with Crippen LogP contribution in [-0.4, -0.2) is 33.0 Å². The highest BCUT2D eigenvalue weighted by Crippen LogP contribution is 2.18. The molecule has 0 unspecified atom stereocenters. The minimum atomic E-state index is -0.214. The number of fused-ring (bicyclic) bond motifs is 1. The minimum absolute atomic E-state index is 0.0416. The summed E-state index contributed by atoms with van der Waals surface area (Å²) in [6, 6.07) is 9.00. The van der Waals surface area contributed by atoms with Crippen LogP contribution in [0.4, 0.5) is 0 Å². The number of hydrogen-bond acceptors (Lipinski definition) is 5. The van der Waals surface area contributed by atoms with Crippen molar-refractivity contribution in [2.24, 2.45) is 0 Å². The molecule has 0 saturated heterocycles. The number of hydrogen-bond donors (Lipinski definition) is 0. The molecule has 0 atom stereocenters. The first-order chi connectivity index (χ1) is 14.4. The fraction of sp³-hybridized carbons (Fsp3) is 0.391. The summed E-state index contributed by atoms with van der Waals surface area (Å²) in [6.45, 7) is 4.64. The van der Waals surface area contributed by atoms with Crippen molar-refractivity contribution in [3.63, 3.8) is 0 Å². The van der Waals surface area contributed by atoms with E-state index in [1.165, 1.54) is 18.0 Å². The van der Waals surface area contributed by atoms with Crippen LogP contribution in [0.5, 0.6) is 0 Å². The molecule has 0 aliphatic carbocycles. The predicted molar refractivity (Wildman–Crippen MR) is 115 cm³/mol. The van der Waals surface area contributed by atoms with Crippen LogP contribution >= 0.6 is 0 Å². The van der Waals surface area contributed by atoms with Gasteiger partial charge in [-0.3, -0.25) is 19.0 Å². The molecule has 30 heavy (non-hydrogen) atoms. The zero-order valence-corrected chi connectivity index (χ0v) is 17.7. The molecule has 0 aliphatic rings. The van der Waals surface area contributed by atoms with Crippen LogP contribution in [-0.2, 0) is 22.6 Å². The molecule has 7 nitrogen and oxygen atoms in total. The fourth-order valence-electron chi connectivity index (χ4n) is 3.70. The van der Waals surface area contributed by atoms with Crippen LogP contribution in [0.3, 0.4) is 0 Å². The van der Waals surface area contributed by atoms with Gasteiger partial charge >= 0.3 is 5.97 Å². The minimum Gasteiger partial charge on any atom is -0.469 e. The molecule has 0 N–H and O–H groups in total. The van der Waals surface area contributed by atoms with Crippen LogP contribution in [0.25, 0.3) is 10.9 Å². The second-order valence-electron chi connectivity index (χ2n) is 7.44. The molecule has 0 radical (unpaired) electrons. The van der Waals surface area contributed by atoms with Crippen molar-refractivity contribution >= 4 is 22.7 Å². The van der Waals surface area contributed by atoms with Gasteiger partial charge in [0.2, 0.25) is 0 Å². The Kier molecular flexibility index (Phi) is 6.82. The molecule has 7 heteroatoms. The van der Waals surface area contributed by atoms with Gasteiger partial charge in [-0.25, -0.2) is 4.98 Å². The molecular weight excluding hydrogens is 382 g/mol. The number of ketones is 1. The third kappa shape index (κ3) is 4.67. The van der Waals surface area contributed by atoms with Crippen molar-refractivity contribution in [1.82, 2.24) is 14.1 Å². The zero-order valence-electron chi connectivity index (χ0n) is 17.7. The van der Waals surface area contributed by atoms with Gasteiger partial charge in [0.05, 0.1) is 30.9 Å². The number of aromatic nitrogens is 3. The van der Waals surface area contributed by atoms with E-state index in [0.29, 0.717) is 22.9 Å². The summed E-state index contributed by atoms with van der Waals surface area (Å²) in [5.74, 6) is -0.297. The smallest absolute Gasteiger partial charge is 0.305 e. The number of rotatable bonds is 9. The second kappa shape index (κ2) is 9.52. The summed E-state index contributed by atoms with van der Waals surface area (Å²) < 4.78 is 8.14. The van der Waals surface area contributed by atoms with E-state index in [-0.39, 0.29) is 23.9 Å². The number of nitrogens with zero attached hydrogens (tertiary/aromatic N) is 3. The number of methoxy groups -OCH3 is 1. The van der Waals surface area contributed by atoms with Gasteiger partial charge in [-0.05, 0) is 44.9 Å². The highest BCUT2D eigenvalue weighted by Gasteiger charge is 2.17. The molecule has 0 fully saturated rings. The van der Waals surface area contributed by atoms with Crippen molar-refractivity contribution in [2.45, 2.75) is 52.6 Å². The maximum atomic E-state index is 12.9. The Hall–Kier alpha value is -3.22. The second-order valence-corrected chi connectivity index (χ2v) is 7.44. The summed E-state index contributed by atoms with van der Waals surface area (Å²) in [5.41, 5.74) is 2.94. The first kappa shape index (κ1) is 21.5.